The predicted octanol–water partition coefficient (Wildman–Crippen LogP) is 3.80. The number of nitrogens with one attached hydrogen (secondary N) is 1. The number of anilines is 1. The van der Waals surface area contributed by atoms with E-state index < -0.39 is 10.8 Å². The van der Waals surface area contributed by atoms with Gasteiger partial charge in [-0.15, -0.1) is 0 Å². The molecule has 1 aromatic carbocycles. The topological polar surface area (TPSA) is 84.3 Å². The summed E-state index contributed by atoms with van der Waals surface area (Å²) in [6.07, 6.45) is 13.1. The van der Waals surface area contributed by atoms with Crippen LogP contribution in [0.15, 0.2) is 70.5 Å². The number of hydrogen-bond acceptors (Lipinski definition) is 6. The first kappa shape index (κ1) is 21.4. The van der Waals surface area contributed by atoms with Gasteiger partial charge in [-0.1, -0.05) is 31.2 Å². The SMILES string of the molecule is CC=N/C=C(\C=C\CC)CNc1ncc(C(=O)c2cccc(S(C)=O)c2)cn1. The summed E-state index contributed by atoms with van der Waals surface area (Å²) in [5.41, 5.74) is 1.83. The molecule has 0 radical (unpaired) electrons. The van der Waals surface area contributed by atoms with Crippen molar-refractivity contribution in [1.29, 1.82) is 0 Å². The Labute approximate surface area is 168 Å². The predicted molar refractivity (Wildman–Crippen MR) is 114 cm³/mol. The van der Waals surface area contributed by atoms with Crippen LogP contribution in [0.1, 0.15) is 36.2 Å². The molecule has 2 aromatic rings. The van der Waals surface area contributed by atoms with Crippen molar-refractivity contribution in [2.75, 3.05) is 18.1 Å². The third kappa shape index (κ3) is 6.35. The normalized spacial score (nSPS) is 13.2. The summed E-state index contributed by atoms with van der Waals surface area (Å²) < 4.78 is 11.6. The molecule has 1 unspecified atom stereocenters. The van der Waals surface area contributed by atoms with Gasteiger partial charge in [0.15, 0.2) is 5.78 Å². The van der Waals surface area contributed by atoms with Crippen LogP contribution in [0, 0.1) is 0 Å². The highest BCUT2D eigenvalue weighted by Crippen LogP contribution is 2.13. The molecule has 1 atom stereocenters. The Morgan fingerprint density at radius 3 is 2.64 bits per heavy atom. The number of nitrogens with zero attached hydrogens (tertiary/aromatic N) is 3. The highest BCUT2D eigenvalue weighted by molar-refractivity contribution is 7.84. The number of carbonyl (C=O) groups is 1. The molecule has 0 saturated carbocycles. The standard InChI is InChI=1S/C21H24N4O2S/c1-4-6-8-16(12-22-5-2)13-23-21-24-14-18(15-25-21)20(26)17-9-7-10-19(11-17)28(3)27/h5-12,14-15H,4,13H2,1-3H3,(H,23,24,25)/b8-6+,16-12+,22-5?. The second-order valence-corrected chi connectivity index (χ2v) is 7.26. The molecule has 2 rings (SSSR count). The minimum atomic E-state index is -1.14. The molecular formula is C21H24N4O2S. The number of aliphatic imine (C=N–C) groups is 1. The molecule has 0 aliphatic carbocycles. The van der Waals surface area contributed by atoms with Crippen LogP contribution in [0.3, 0.4) is 0 Å². The summed E-state index contributed by atoms with van der Waals surface area (Å²) in [5, 5.41) is 3.13. The van der Waals surface area contributed by atoms with E-state index in [9.17, 15) is 9.00 Å². The van der Waals surface area contributed by atoms with Gasteiger partial charge in [-0.3, -0.25) is 14.0 Å². The maximum Gasteiger partial charge on any atom is 0.222 e. The van der Waals surface area contributed by atoms with Crippen LogP contribution in [-0.2, 0) is 10.8 Å². The molecule has 28 heavy (non-hydrogen) atoms. The molecule has 0 spiro atoms. The second kappa shape index (κ2) is 11.0. The van der Waals surface area contributed by atoms with E-state index >= 15 is 0 Å². The molecule has 0 aliphatic heterocycles. The van der Waals surface area contributed by atoms with Gasteiger partial charge in [-0.05, 0) is 31.1 Å². The van der Waals surface area contributed by atoms with Gasteiger partial charge in [0, 0.05) is 58.9 Å². The first-order valence-electron chi connectivity index (χ1n) is 8.92. The van der Waals surface area contributed by atoms with E-state index in [1.807, 2.05) is 13.0 Å². The van der Waals surface area contributed by atoms with E-state index in [2.05, 4.69) is 33.3 Å². The monoisotopic (exact) mass is 396 g/mol. The molecule has 1 aromatic heterocycles. The number of carbonyl (C=O) groups excluding carboxylic acids is 1. The highest BCUT2D eigenvalue weighted by atomic mass is 32.2. The van der Waals surface area contributed by atoms with Crippen molar-refractivity contribution >= 4 is 28.7 Å². The van der Waals surface area contributed by atoms with Crippen molar-refractivity contribution in [2.45, 2.75) is 25.2 Å². The van der Waals surface area contributed by atoms with Crippen LogP contribution in [0.2, 0.25) is 0 Å². The lowest BCUT2D eigenvalue weighted by Crippen LogP contribution is -2.09. The molecule has 0 aliphatic rings. The average molecular weight is 397 g/mol. The largest absolute Gasteiger partial charge is 0.350 e. The van der Waals surface area contributed by atoms with Gasteiger partial charge in [0.1, 0.15) is 0 Å². The van der Waals surface area contributed by atoms with Crippen molar-refractivity contribution in [1.82, 2.24) is 9.97 Å². The van der Waals surface area contributed by atoms with Crippen molar-refractivity contribution in [2.24, 2.45) is 4.99 Å². The van der Waals surface area contributed by atoms with Gasteiger partial charge in [-0.25, -0.2) is 9.97 Å². The molecule has 0 saturated heterocycles. The van der Waals surface area contributed by atoms with E-state index in [1.54, 1.807) is 42.9 Å². The second-order valence-electron chi connectivity index (χ2n) is 5.88. The van der Waals surface area contributed by atoms with Gasteiger partial charge in [0.25, 0.3) is 0 Å². The zero-order valence-corrected chi connectivity index (χ0v) is 17.1. The van der Waals surface area contributed by atoms with Crippen LogP contribution >= 0.6 is 0 Å². The Hall–Kier alpha value is -2.93. The fourth-order valence-electron chi connectivity index (χ4n) is 2.29. The molecule has 0 bridgehead atoms. The Morgan fingerprint density at radius 1 is 1.25 bits per heavy atom. The number of ketones is 1. The number of aromatic nitrogens is 2. The Balaban J connectivity index is 2.08. The number of rotatable bonds is 9. The number of hydrogen-bond donors (Lipinski definition) is 1. The van der Waals surface area contributed by atoms with Crippen LogP contribution in [0.5, 0.6) is 0 Å². The first-order valence-corrected chi connectivity index (χ1v) is 10.5. The lowest BCUT2D eigenvalue weighted by molar-refractivity contribution is 0.103. The zero-order chi connectivity index (χ0) is 20.4. The van der Waals surface area contributed by atoms with Crippen molar-refractivity contribution < 1.29 is 9.00 Å². The van der Waals surface area contributed by atoms with Gasteiger partial charge < -0.3 is 5.32 Å². The summed E-state index contributed by atoms with van der Waals surface area (Å²) in [6.45, 7) is 4.45. The van der Waals surface area contributed by atoms with Crippen molar-refractivity contribution in [3.8, 4) is 0 Å². The molecule has 1 heterocycles. The van der Waals surface area contributed by atoms with E-state index in [0.29, 0.717) is 28.5 Å². The molecule has 146 valence electrons. The summed E-state index contributed by atoms with van der Waals surface area (Å²) in [4.78, 5) is 25.8. The fourth-order valence-corrected chi connectivity index (χ4v) is 2.85. The molecular weight excluding hydrogens is 372 g/mol. The number of benzene rings is 1. The smallest absolute Gasteiger partial charge is 0.222 e. The zero-order valence-electron chi connectivity index (χ0n) is 16.3. The van der Waals surface area contributed by atoms with E-state index in [0.717, 1.165) is 12.0 Å². The average Bonchev–Trinajstić information content (AvgIpc) is 2.73. The van der Waals surface area contributed by atoms with E-state index in [-0.39, 0.29) is 5.78 Å². The Morgan fingerprint density at radius 2 is 2.00 bits per heavy atom. The summed E-state index contributed by atoms with van der Waals surface area (Å²) in [6, 6.07) is 6.78. The third-order valence-corrected chi connectivity index (χ3v) is 4.67. The van der Waals surface area contributed by atoms with Gasteiger partial charge in [-0.2, -0.15) is 0 Å². The van der Waals surface area contributed by atoms with E-state index in [4.69, 9.17) is 0 Å². The lowest BCUT2D eigenvalue weighted by atomic mass is 10.1. The lowest BCUT2D eigenvalue weighted by Gasteiger charge is -2.06. The van der Waals surface area contributed by atoms with Gasteiger partial charge in [0.2, 0.25) is 5.95 Å². The van der Waals surface area contributed by atoms with Crippen molar-refractivity contribution in [3.63, 3.8) is 0 Å². The van der Waals surface area contributed by atoms with Gasteiger partial charge >= 0.3 is 0 Å². The van der Waals surface area contributed by atoms with Crippen molar-refractivity contribution in [3.05, 3.63) is 71.7 Å². The summed E-state index contributed by atoms with van der Waals surface area (Å²) in [5.74, 6) is 0.221. The maximum absolute atomic E-state index is 12.6. The van der Waals surface area contributed by atoms with Crippen LogP contribution in [0.25, 0.3) is 0 Å². The minimum absolute atomic E-state index is 0.206. The fraction of sp³-hybridized carbons (Fsp3) is 0.238. The molecule has 1 N–H and O–H groups in total. The Bertz CT molecular complexity index is 918. The van der Waals surface area contributed by atoms with Gasteiger partial charge in [0.05, 0.1) is 5.56 Å². The Kier molecular flexibility index (Phi) is 8.42. The highest BCUT2D eigenvalue weighted by Gasteiger charge is 2.12. The van der Waals surface area contributed by atoms with Crippen LogP contribution in [0.4, 0.5) is 5.95 Å². The molecule has 0 amide bonds. The molecule has 6 nitrogen and oxygen atoms in total. The number of allylic oxidation sites excluding steroid dienone is 1. The molecule has 0 fully saturated rings. The quantitative estimate of drug-likeness (QED) is 0.396. The minimum Gasteiger partial charge on any atom is -0.350 e. The third-order valence-electron chi connectivity index (χ3n) is 3.75. The maximum atomic E-state index is 12.6. The van der Waals surface area contributed by atoms with Crippen LogP contribution < -0.4 is 5.32 Å². The molecule has 7 heteroatoms. The van der Waals surface area contributed by atoms with E-state index in [1.165, 1.54) is 12.4 Å². The summed E-state index contributed by atoms with van der Waals surface area (Å²) in [7, 11) is -1.14. The first-order chi connectivity index (χ1) is 13.5. The van der Waals surface area contributed by atoms with Crippen LogP contribution in [-0.4, -0.2) is 39.0 Å². The summed E-state index contributed by atoms with van der Waals surface area (Å²) >= 11 is 0.